The molecule has 0 saturated heterocycles. The molecule has 0 aliphatic carbocycles. The fourth-order valence-electron chi connectivity index (χ4n) is 7.11. The first-order chi connectivity index (χ1) is 39.7. The van der Waals surface area contributed by atoms with Crippen LogP contribution in [0.15, 0.2) is 156 Å². The lowest BCUT2D eigenvalue weighted by Gasteiger charge is -2.27. The van der Waals surface area contributed by atoms with Crippen LogP contribution in [-0.4, -0.2) is 115 Å². The van der Waals surface area contributed by atoms with Crippen molar-refractivity contribution in [2.45, 2.75) is 88.7 Å². The lowest BCUT2D eigenvalue weighted by Crippen LogP contribution is -2.42. The van der Waals surface area contributed by atoms with Crippen LogP contribution in [0.4, 0.5) is 35.9 Å². The molecule has 85 heavy (non-hydrogen) atoms. The SMILES string of the molecule is Cc1ccc(-c2cc(C(F)(F)F)nn2-c2ccc(S(=O)(=O)N(CCOc3ncccn3)C(=O)OC(C)(C)C)cc2)cc1.Cc1ccc(-c2cc(C(F)(F)F)nn2-c2ccc(S(=O)(=O)NC(=O)OC(C)(C)C)cc2)cc1.OCCOc1ncccn1. The number of nitrogens with zero attached hydrogens (tertiary/aromatic N) is 9. The van der Waals surface area contributed by atoms with E-state index in [1.54, 1.807) is 119 Å². The summed E-state index contributed by atoms with van der Waals surface area (Å²) < 4.78 is 158. The number of ether oxygens (including phenoxy) is 4. The molecule has 8 aromatic rings. The third-order valence-electron chi connectivity index (χ3n) is 10.9. The van der Waals surface area contributed by atoms with E-state index in [9.17, 15) is 52.8 Å². The predicted molar refractivity (Wildman–Crippen MR) is 296 cm³/mol. The third kappa shape index (κ3) is 18.8. The third-order valence-corrected chi connectivity index (χ3v) is 14.0. The molecule has 452 valence electrons. The van der Waals surface area contributed by atoms with Gasteiger partial charge in [0.15, 0.2) is 11.4 Å². The topological polar surface area (TPSA) is 262 Å². The number of aryl methyl sites for hydroxylation is 2. The van der Waals surface area contributed by atoms with Crippen LogP contribution in [0.2, 0.25) is 0 Å². The lowest BCUT2D eigenvalue weighted by molar-refractivity contribution is -0.142. The van der Waals surface area contributed by atoms with Crippen LogP contribution in [0.5, 0.6) is 12.0 Å². The van der Waals surface area contributed by atoms with Crippen LogP contribution in [0.3, 0.4) is 0 Å². The number of alkyl halides is 6. The fraction of sp³-hybridized carbons (Fsp3) is 0.286. The van der Waals surface area contributed by atoms with Crippen molar-refractivity contribution < 1.29 is 76.8 Å². The minimum atomic E-state index is -4.70. The molecule has 0 atom stereocenters. The molecule has 21 nitrogen and oxygen atoms in total. The summed E-state index contributed by atoms with van der Waals surface area (Å²) in [5.41, 5.74) is -0.503. The molecule has 0 aliphatic rings. The average Bonchev–Trinajstić information content (AvgIpc) is 4.35. The number of aromatic nitrogens is 8. The fourth-order valence-corrected chi connectivity index (χ4v) is 9.27. The van der Waals surface area contributed by atoms with Gasteiger partial charge in [0.1, 0.15) is 24.4 Å². The summed E-state index contributed by atoms with van der Waals surface area (Å²) >= 11 is 0. The van der Waals surface area contributed by atoms with Gasteiger partial charge in [-0.15, -0.1) is 0 Å². The Labute approximate surface area is 485 Å². The van der Waals surface area contributed by atoms with E-state index in [0.29, 0.717) is 21.4 Å². The molecular weight excluding hydrogens is 1170 g/mol. The van der Waals surface area contributed by atoms with Crippen molar-refractivity contribution in [3.8, 4) is 45.9 Å². The van der Waals surface area contributed by atoms with Crippen molar-refractivity contribution in [2.24, 2.45) is 0 Å². The number of aliphatic hydroxyl groups is 1. The van der Waals surface area contributed by atoms with Crippen molar-refractivity contribution in [3.63, 3.8) is 0 Å². The van der Waals surface area contributed by atoms with Gasteiger partial charge in [0, 0.05) is 35.9 Å². The van der Waals surface area contributed by atoms with Crippen LogP contribution in [-0.2, 0) is 41.9 Å². The van der Waals surface area contributed by atoms with Crippen LogP contribution in [0, 0.1) is 13.8 Å². The van der Waals surface area contributed by atoms with Gasteiger partial charge in [0.05, 0.1) is 45.7 Å². The van der Waals surface area contributed by atoms with E-state index in [-0.39, 0.29) is 58.4 Å². The normalized spacial score (nSPS) is 11.9. The average molecular weight is 1230 g/mol. The maximum absolute atomic E-state index is 13.6. The molecule has 0 saturated carbocycles. The minimum absolute atomic E-state index is 0.00906. The second-order valence-corrected chi connectivity index (χ2v) is 23.6. The Balaban J connectivity index is 0.000000238. The highest BCUT2D eigenvalue weighted by Gasteiger charge is 2.38. The highest BCUT2D eigenvalue weighted by Crippen LogP contribution is 2.35. The monoisotopic (exact) mass is 1220 g/mol. The van der Waals surface area contributed by atoms with E-state index in [1.165, 1.54) is 48.8 Å². The molecule has 0 bridgehead atoms. The van der Waals surface area contributed by atoms with E-state index in [0.717, 1.165) is 44.8 Å². The smallest absolute Gasteiger partial charge is 0.435 e. The van der Waals surface area contributed by atoms with Crippen molar-refractivity contribution in [2.75, 3.05) is 26.4 Å². The summed E-state index contributed by atoms with van der Waals surface area (Å²) in [5, 5.41) is 15.8. The summed E-state index contributed by atoms with van der Waals surface area (Å²) in [6.07, 6.45) is -5.59. The molecule has 2 N–H and O–H groups in total. The van der Waals surface area contributed by atoms with Gasteiger partial charge in [-0.3, -0.25) is 0 Å². The number of amides is 2. The van der Waals surface area contributed by atoms with Gasteiger partial charge in [-0.25, -0.2) is 60.4 Å². The summed E-state index contributed by atoms with van der Waals surface area (Å²) in [5.74, 6) is 0. The van der Waals surface area contributed by atoms with Gasteiger partial charge >= 0.3 is 36.6 Å². The Morgan fingerprint density at radius 1 is 0.565 bits per heavy atom. The van der Waals surface area contributed by atoms with Gasteiger partial charge in [-0.05, 0) is 128 Å². The number of halogens is 6. The number of sulfonamides is 2. The van der Waals surface area contributed by atoms with Crippen LogP contribution in [0.25, 0.3) is 33.9 Å². The van der Waals surface area contributed by atoms with Gasteiger partial charge in [0.25, 0.3) is 20.0 Å². The number of hydrogen-bond donors (Lipinski definition) is 2. The molecular formula is C56H58F6N10O11S2. The molecule has 0 aliphatic heterocycles. The Hall–Kier alpha value is -8.96. The molecule has 0 radical (unpaired) electrons. The first-order valence-electron chi connectivity index (χ1n) is 25.4. The number of benzene rings is 4. The largest absolute Gasteiger partial charge is 0.462 e. The molecule has 0 unspecified atom stereocenters. The number of nitrogens with one attached hydrogen (secondary N) is 1. The maximum atomic E-state index is 13.6. The standard InChI is InChI=1S/C28H28F3N5O5S.C22H22F3N3O4S.C6H8N2O2/c1-19-6-8-20(9-7-19)23-18-24(28(29,30)31)34-36(23)21-10-12-22(13-11-21)42(38,39)35(26(37)41-27(2,3)4)16-17-40-25-32-14-5-15-33-25;1-14-5-7-15(8-6-14)18-13-19(22(23,24)25)26-28(18)16-9-11-17(12-10-16)33(30,31)27-20(29)32-21(2,3)4;9-4-5-10-6-7-2-1-3-8-6/h5-15,18H,16-17H2,1-4H3;5-13H,1-4H3,(H,27,29);1-3,9H,4-5H2. The number of carbonyl (C=O) groups excluding carboxylic acids is 2. The summed E-state index contributed by atoms with van der Waals surface area (Å²) in [4.78, 5) is 39.5. The molecule has 4 aromatic carbocycles. The maximum Gasteiger partial charge on any atom is 0.435 e. The first kappa shape index (κ1) is 65.2. The highest BCUT2D eigenvalue weighted by atomic mass is 32.2. The Kier molecular flexibility index (Phi) is 20.8. The summed E-state index contributed by atoms with van der Waals surface area (Å²) in [7, 11) is -8.73. The summed E-state index contributed by atoms with van der Waals surface area (Å²) in [6, 6.07) is 29.0. The molecule has 2 amide bonds. The van der Waals surface area contributed by atoms with E-state index in [2.05, 4.69) is 30.1 Å². The van der Waals surface area contributed by atoms with E-state index >= 15 is 0 Å². The van der Waals surface area contributed by atoms with Crippen molar-refractivity contribution in [1.29, 1.82) is 0 Å². The van der Waals surface area contributed by atoms with Gasteiger partial charge < -0.3 is 24.1 Å². The number of rotatable bonds is 15. The molecule has 29 heteroatoms. The molecule has 4 aromatic heterocycles. The Morgan fingerprint density at radius 2 is 0.953 bits per heavy atom. The first-order valence-corrected chi connectivity index (χ1v) is 28.3. The van der Waals surface area contributed by atoms with Gasteiger partial charge in [0.2, 0.25) is 0 Å². The van der Waals surface area contributed by atoms with Crippen molar-refractivity contribution in [3.05, 3.63) is 169 Å². The molecule has 0 fully saturated rings. The molecule has 8 rings (SSSR count). The highest BCUT2D eigenvalue weighted by molar-refractivity contribution is 7.90. The number of hydrogen-bond acceptors (Lipinski definition) is 17. The second kappa shape index (κ2) is 27.2. The zero-order chi connectivity index (χ0) is 62.5. The second-order valence-electron chi connectivity index (χ2n) is 20.0. The van der Waals surface area contributed by atoms with Crippen LogP contribution < -0.4 is 14.2 Å². The van der Waals surface area contributed by atoms with E-state index in [1.807, 2.05) is 13.8 Å². The van der Waals surface area contributed by atoms with Gasteiger partial charge in [-0.1, -0.05) is 59.7 Å². The van der Waals surface area contributed by atoms with Crippen molar-refractivity contribution >= 4 is 32.2 Å². The Bertz CT molecular complexity index is 3730. The van der Waals surface area contributed by atoms with Crippen molar-refractivity contribution in [1.82, 2.24) is 48.5 Å². The zero-order valence-corrected chi connectivity index (χ0v) is 48.5. The van der Waals surface area contributed by atoms with E-state index in [4.69, 9.17) is 24.1 Å². The van der Waals surface area contributed by atoms with Crippen LogP contribution >= 0.6 is 0 Å². The molecule has 0 spiro atoms. The van der Waals surface area contributed by atoms with Crippen LogP contribution in [0.1, 0.15) is 64.1 Å². The van der Waals surface area contributed by atoms with E-state index < -0.39 is 73.7 Å². The quantitative estimate of drug-likeness (QED) is 0.0904. The molecule has 4 heterocycles. The number of aliphatic hydroxyl groups excluding tert-OH is 1. The number of carbonyl (C=O) groups is 2. The zero-order valence-electron chi connectivity index (χ0n) is 46.8. The van der Waals surface area contributed by atoms with Gasteiger partial charge in [-0.2, -0.15) is 40.8 Å². The lowest BCUT2D eigenvalue weighted by atomic mass is 10.1. The Morgan fingerprint density at radius 3 is 1.33 bits per heavy atom. The minimum Gasteiger partial charge on any atom is -0.462 e. The predicted octanol–water partition coefficient (Wildman–Crippen LogP) is 10.6. The summed E-state index contributed by atoms with van der Waals surface area (Å²) in [6.45, 7) is 12.7.